The summed E-state index contributed by atoms with van der Waals surface area (Å²) in [4.78, 5) is 13.6. The number of nitrogens with zero attached hydrogens (tertiary/aromatic N) is 1. The van der Waals surface area contributed by atoms with Gasteiger partial charge in [-0.25, -0.2) is 0 Å². The Kier molecular flexibility index (Phi) is 5.25. The van der Waals surface area contributed by atoms with Gasteiger partial charge in [0.05, 0.1) is 5.92 Å². The summed E-state index contributed by atoms with van der Waals surface area (Å²) in [6.07, 6.45) is 0. The third-order valence-corrected chi connectivity index (χ3v) is 3.24. The molecule has 0 spiro atoms. The van der Waals surface area contributed by atoms with Gasteiger partial charge in [-0.1, -0.05) is 29.8 Å². The maximum Gasteiger partial charge on any atom is 0.228 e. The Morgan fingerprint density at radius 2 is 2.12 bits per heavy atom. The fourth-order valence-corrected chi connectivity index (χ4v) is 1.93. The topological polar surface area (TPSA) is 32.3 Å². The van der Waals surface area contributed by atoms with Crippen molar-refractivity contribution in [3.8, 4) is 0 Å². The predicted octanol–water partition coefficient (Wildman–Crippen LogP) is 1.94. The molecule has 1 N–H and O–H groups in total. The number of amides is 1. The van der Waals surface area contributed by atoms with Crippen molar-refractivity contribution in [1.29, 1.82) is 0 Å². The minimum Gasteiger partial charge on any atom is -0.341 e. The van der Waals surface area contributed by atoms with E-state index in [1.54, 1.807) is 4.90 Å². The number of rotatable bonds is 3. The third-order valence-electron chi connectivity index (χ3n) is 2.87. The molecule has 2 rings (SSSR count). The number of hydrogen-bond acceptors (Lipinski definition) is 2. The smallest absolute Gasteiger partial charge is 0.228 e. The van der Waals surface area contributed by atoms with Crippen molar-refractivity contribution < 1.29 is 4.79 Å². The molecule has 1 aliphatic heterocycles. The first-order valence-electron chi connectivity index (χ1n) is 5.37. The van der Waals surface area contributed by atoms with E-state index in [1.807, 2.05) is 31.3 Å². The van der Waals surface area contributed by atoms with E-state index in [2.05, 4.69) is 5.32 Å². The number of benzene rings is 1. The molecule has 0 bridgehead atoms. The van der Waals surface area contributed by atoms with Gasteiger partial charge in [0.2, 0.25) is 5.91 Å². The third kappa shape index (κ3) is 3.35. The largest absolute Gasteiger partial charge is 0.341 e. The second-order valence-electron chi connectivity index (χ2n) is 4.14. The second kappa shape index (κ2) is 6.24. The molecule has 1 amide bonds. The Labute approximate surface area is 113 Å². The lowest BCUT2D eigenvalue weighted by Crippen LogP contribution is -2.50. The molecule has 0 aliphatic carbocycles. The molecule has 1 fully saturated rings. The Hall–Kier alpha value is -0.770. The molecule has 0 radical (unpaired) electrons. The zero-order valence-electron chi connectivity index (χ0n) is 9.65. The standard InChI is InChI=1S/C12H15ClN2O.ClH/c1-15(12(16)10-6-14-7-10)8-9-4-2-3-5-11(9)13;/h2-5,10,14H,6-8H2,1H3;1H. The average Bonchev–Trinajstić information content (AvgIpc) is 2.18. The van der Waals surface area contributed by atoms with Crippen LogP contribution < -0.4 is 5.32 Å². The van der Waals surface area contributed by atoms with E-state index in [0.717, 1.165) is 18.7 Å². The van der Waals surface area contributed by atoms with Crippen molar-refractivity contribution >= 4 is 29.9 Å². The first-order chi connectivity index (χ1) is 7.68. The van der Waals surface area contributed by atoms with E-state index in [1.165, 1.54) is 0 Å². The minimum atomic E-state index is 0. The van der Waals surface area contributed by atoms with Crippen LogP contribution in [0.4, 0.5) is 0 Å². The number of hydrogen-bond donors (Lipinski definition) is 1. The Morgan fingerprint density at radius 1 is 1.47 bits per heavy atom. The van der Waals surface area contributed by atoms with Crippen LogP contribution in [0.5, 0.6) is 0 Å². The number of carbonyl (C=O) groups excluding carboxylic acids is 1. The van der Waals surface area contributed by atoms with E-state index in [0.29, 0.717) is 11.6 Å². The number of halogens is 2. The van der Waals surface area contributed by atoms with Crippen molar-refractivity contribution in [2.24, 2.45) is 5.92 Å². The molecule has 1 aromatic rings. The van der Waals surface area contributed by atoms with Crippen LogP contribution in [0.1, 0.15) is 5.56 Å². The van der Waals surface area contributed by atoms with E-state index in [-0.39, 0.29) is 24.2 Å². The first-order valence-corrected chi connectivity index (χ1v) is 5.75. The summed E-state index contributed by atoms with van der Waals surface area (Å²) in [5.74, 6) is 0.339. The minimum absolute atomic E-state index is 0. The summed E-state index contributed by atoms with van der Waals surface area (Å²) >= 11 is 6.05. The van der Waals surface area contributed by atoms with E-state index in [4.69, 9.17) is 11.6 Å². The lowest BCUT2D eigenvalue weighted by atomic mass is 10.0. The predicted molar refractivity (Wildman–Crippen MR) is 71.5 cm³/mol. The fraction of sp³-hybridized carbons (Fsp3) is 0.417. The van der Waals surface area contributed by atoms with Gasteiger partial charge >= 0.3 is 0 Å². The molecule has 3 nitrogen and oxygen atoms in total. The zero-order valence-corrected chi connectivity index (χ0v) is 11.2. The zero-order chi connectivity index (χ0) is 11.5. The van der Waals surface area contributed by atoms with Crippen molar-refractivity contribution in [2.45, 2.75) is 6.54 Å². The number of nitrogens with one attached hydrogen (secondary N) is 1. The maximum absolute atomic E-state index is 11.9. The van der Waals surface area contributed by atoms with Crippen molar-refractivity contribution in [2.75, 3.05) is 20.1 Å². The van der Waals surface area contributed by atoms with Crippen LogP contribution in [-0.4, -0.2) is 30.9 Å². The summed E-state index contributed by atoms with van der Waals surface area (Å²) in [7, 11) is 1.82. The van der Waals surface area contributed by atoms with Gasteiger partial charge in [-0.2, -0.15) is 0 Å². The molecule has 5 heteroatoms. The Balaban J connectivity index is 0.00000144. The SMILES string of the molecule is CN(Cc1ccccc1Cl)C(=O)C1CNC1.Cl. The molecule has 0 saturated carbocycles. The molecule has 1 saturated heterocycles. The molecule has 0 aromatic heterocycles. The quantitative estimate of drug-likeness (QED) is 0.914. The van der Waals surface area contributed by atoms with Crippen molar-refractivity contribution in [3.63, 3.8) is 0 Å². The molecule has 1 aromatic carbocycles. The van der Waals surface area contributed by atoms with Gasteiger partial charge in [-0.15, -0.1) is 12.4 Å². The molecule has 17 heavy (non-hydrogen) atoms. The highest BCUT2D eigenvalue weighted by molar-refractivity contribution is 6.31. The lowest BCUT2D eigenvalue weighted by Gasteiger charge is -2.30. The monoisotopic (exact) mass is 274 g/mol. The van der Waals surface area contributed by atoms with Crippen LogP contribution in [0.25, 0.3) is 0 Å². The van der Waals surface area contributed by atoms with Crippen LogP contribution in [0.2, 0.25) is 5.02 Å². The maximum atomic E-state index is 11.9. The van der Waals surface area contributed by atoms with E-state index in [9.17, 15) is 4.79 Å². The molecule has 94 valence electrons. The van der Waals surface area contributed by atoms with Crippen LogP contribution in [0, 0.1) is 5.92 Å². The highest BCUT2D eigenvalue weighted by Crippen LogP contribution is 2.17. The van der Waals surface area contributed by atoms with Gasteiger partial charge < -0.3 is 10.2 Å². The molecule has 0 atom stereocenters. The second-order valence-corrected chi connectivity index (χ2v) is 4.55. The first kappa shape index (κ1) is 14.3. The lowest BCUT2D eigenvalue weighted by molar-refractivity contribution is -0.136. The van der Waals surface area contributed by atoms with E-state index >= 15 is 0 Å². The van der Waals surface area contributed by atoms with E-state index < -0.39 is 0 Å². The van der Waals surface area contributed by atoms with Gasteiger partial charge in [0.25, 0.3) is 0 Å². The van der Waals surface area contributed by atoms with Crippen LogP contribution in [0.15, 0.2) is 24.3 Å². The summed E-state index contributed by atoms with van der Waals surface area (Å²) in [6.45, 7) is 2.17. The summed E-state index contributed by atoms with van der Waals surface area (Å²) in [5, 5.41) is 3.82. The number of carbonyl (C=O) groups is 1. The van der Waals surface area contributed by atoms with Gasteiger partial charge in [0, 0.05) is 31.7 Å². The molecular formula is C12H16Cl2N2O. The van der Waals surface area contributed by atoms with Gasteiger partial charge in [-0.05, 0) is 11.6 Å². The molecular weight excluding hydrogens is 259 g/mol. The fourth-order valence-electron chi connectivity index (χ4n) is 1.74. The highest BCUT2D eigenvalue weighted by atomic mass is 35.5. The summed E-state index contributed by atoms with van der Waals surface area (Å²) in [6, 6.07) is 7.62. The van der Waals surface area contributed by atoms with Crippen LogP contribution in [0.3, 0.4) is 0 Å². The average molecular weight is 275 g/mol. The van der Waals surface area contributed by atoms with Crippen LogP contribution >= 0.6 is 24.0 Å². The molecule has 1 heterocycles. The molecule has 1 aliphatic rings. The van der Waals surface area contributed by atoms with Crippen molar-refractivity contribution in [3.05, 3.63) is 34.9 Å². The van der Waals surface area contributed by atoms with Crippen molar-refractivity contribution in [1.82, 2.24) is 10.2 Å². The normalized spacial score (nSPS) is 14.7. The van der Waals surface area contributed by atoms with Gasteiger partial charge in [0.1, 0.15) is 0 Å². The molecule has 0 unspecified atom stereocenters. The Bertz CT molecular complexity index is 394. The highest BCUT2D eigenvalue weighted by Gasteiger charge is 2.27. The van der Waals surface area contributed by atoms with Gasteiger partial charge in [0.15, 0.2) is 0 Å². The summed E-state index contributed by atoms with van der Waals surface area (Å²) < 4.78 is 0. The summed E-state index contributed by atoms with van der Waals surface area (Å²) in [5.41, 5.74) is 0.993. The Morgan fingerprint density at radius 3 is 2.65 bits per heavy atom. The van der Waals surface area contributed by atoms with Gasteiger partial charge in [-0.3, -0.25) is 4.79 Å². The van der Waals surface area contributed by atoms with Crippen LogP contribution in [-0.2, 0) is 11.3 Å².